The van der Waals surface area contributed by atoms with Crippen LogP contribution in [0.3, 0.4) is 0 Å². The number of piperazine rings is 1. The van der Waals surface area contributed by atoms with E-state index in [9.17, 15) is 19.5 Å². The number of aromatic nitrogens is 2. The van der Waals surface area contributed by atoms with Gasteiger partial charge >= 0.3 is 12.0 Å². The molecular weight excluding hydrogens is 1110 g/mol. The van der Waals surface area contributed by atoms with E-state index in [-0.39, 0.29) is 59.0 Å². The third-order valence-electron chi connectivity index (χ3n) is 19.8. The minimum absolute atomic E-state index is 0.00486. The summed E-state index contributed by atoms with van der Waals surface area (Å²) in [4.78, 5) is 58.7. The number of β-amino-alcohol motifs (C(OH)–C–C–N with tert-alkyl or cyclic N) is 1. The van der Waals surface area contributed by atoms with Crippen LogP contribution in [0.4, 0.5) is 25.1 Å². The lowest BCUT2D eigenvalue weighted by Crippen LogP contribution is -2.50. The summed E-state index contributed by atoms with van der Waals surface area (Å²) in [5.41, 5.74) is 7.00. The Morgan fingerprint density at radius 2 is 1.53 bits per heavy atom. The van der Waals surface area contributed by atoms with E-state index in [1.54, 1.807) is 29.2 Å². The molecule has 5 heterocycles. The maximum atomic E-state index is 18.0. The predicted molar refractivity (Wildman–Crippen MR) is 339 cm³/mol. The summed E-state index contributed by atoms with van der Waals surface area (Å²) in [6.45, 7) is 28.0. The number of urea groups is 1. The number of methoxy groups -OCH3 is 1. The van der Waals surface area contributed by atoms with Crippen molar-refractivity contribution in [2.45, 2.75) is 142 Å². The van der Waals surface area contributed by atoms with Gasteiger partial charge in [0.1, 0.15) is 31.0 Å². The minimum Gasteiger partial charge on any atom is -0.468 e. The van der Waals surface area contributed by atoms with Crippen LogP contribution in [0.15, 0.2) is 54.6 Å². The van der Waals surface area contributed by atoms with Crippen molar-refractivity contribution in [1.29, 1.82) is 0 Å². The van der Waals surface area contributed by atoms with Crippen LogP contribution < -0.4 is 24.6 Å². The zero-order valence-electron chi connectivity index (χ0n) is 52.4. The van der Waals surface area contributed by atoms with E-state index in [1.165, 1.54) is 38.9 Å². The maximum Gasteiger partial charge on any atom is 0.328 e. The Bertz CT molecular complexity index is 3350. The number of benzene rings is 4. The second-order valence-electron chi connectivity index (χ2n) is 26.9. The number of hydrogen-bond acceptors (Lipinski definition) is 12. The number of anilines is 2. The van der Waals surface area contributed by atoms with Crippen molar-refractivity contribution < 1.29 is 42.5 Å². The molecule has 4 aliphatic heterocycles. The maximum absolute atomic E-state index is 18.0. The molecule has 15 nitrogen and oxygen atoms in total. The number of piperidine rings is 2. The van der Waals surface area contributed by atoms with E-state index >= 15 is 8.78 Å². The Morgan fingerprint density at radius 3 is 2.21 bits per heavy atom. The highest BCUT2D eigenvalue weighted by atomic mass is 28.3. The molecule has 5 aliphatic rings. The quantitative estimate of drug-likeness (QED) is 0.0518. The van der Waals surface area contributed by atoms with E-state index in [4.69, 9.17) is 24.2 Å². The van der Waals surface area contributed by atoms with E-state index in [0.717, 1.165) is 77.2 Å². The third-order valence-corrected chi connectivity index (χ3v) is 26.1. The van der Waals surface area contributed by atoms with Crippen molar-refractivity contribution in [2.24, 2.45) is 17.3 Å². The van der Waals surface area contributed by atoms with Crippen molar-refractivity contribution >= 4 is 59.1 Å². The zero-order valence-corrected chi connectivity index (χ0v) is 53.4. The molecule has 1 spiro atoms. The number of nitrogens with zero attached hydrogens (tertiary/aromatic N) is 7. The highest BCUT2D eigenvalue weighted by molar-refractivity contribution is 6.90. The fourth-order valence-electron chi connectivity index (χ4n) is 15.0. The molecule has 1 saturated carbocycles. The molecule has 0 unspecified atom stereocenters. The smallest absolute Gasteiger partial charge is 0.328 e. The van der Waals surface area contributed by atoms with Gasteiger partial charge < -0.3 is 38.9 Å². The van der Waals surface area contributed by atoms with Gasteiger partial charge in [-0.2, -0.15) is 9.97 Å². The lowest BCUT2D eigenvalue weighted by Gasteiger charge is -2.47. The monoisotopic (exact) mass is 1200 g/mol. The zero-order chi connectivity index (χ0) is 61.2. The molecule has 10 rings (SSSR count). The number of hydrogen-bond donors (Lipinski definition) is 2. The summed E-state index contributed by atoms with van der Waals surface area (Å²) in [5.74, 6) is 3.69. The number of likely N-dealkylation sites (tertiary alicyclic amines) is 1. The molecule has 462 valence electrons. The van der Waals surface area contributed by atoms with Gasteiger partial charge in [0.25, 0.3) is 5.91 Å². The highest BCUT2D eigenvalue weighted by Gasteiger charge is 2.43. The van der Waals surface area contributed by atoms with Gasteiger partial charge in [-0.25, -0.2) is 13.6 Å². The summed E-state index contributed by atoms with van der Waals surface area (Å²) in [7, 11) is -0.778. The van der Waals surface area contributed by atoms with Crippen LogP contribution in [0.5, 0.6) is 11.8 Å². The van der Waals surface area contributed by atoms with E-state index in [1.807, 2.05) is 47.9 Å². The number of imide groups is 1. The number of aliphatic hydroxyl groups is 1. The van der Waals surface area contributed by atoms with E-state index in [0.29, 0.717) is 99.7 Å². The predicted octanol–water partition coefficient (Wildman–Crippen LogP) is 12.1. The number of carbonyl (C=O) groups is 3. The first-order chi connectivity index (χ1) is 41.1. The summed E-state index contributed by atoms with van der Waals surface area (Å²) in [6, 6.07) is 15.3. The van der Waals surface area contributed by atoms with Crippen LogP contribution in [0.1, 0.15) is 135 Å². The molecule has 5 aromatic rings. The molecule has 0 radical (unpaired) electrons. The largest absolute Gasteiger partial charge is 0.468 e. The number of ether oxygens (including phenoxy) is 3. The number of aryl methyl sites for hydroxylation is 1. The van der Waals surface area contributed by atoms with Crippen LogP contribution in [-0.2, 0) is 9.53 Å². The van der Waals surface area contributed by atoms with Crippen LogP contribution in [0.25, 0.3) is 32.8 Å². The normalized spacial score (nSPS) is 20.5. The molecule has 1 aliphatic carbocycles. The number of amides is 4. The van der Waals surface area contributed by atoms with E-state index in [2.05, 4.69) is 75.0 Å². The van der Waals surface area contributed by atoms with Gasteiger partial charge in [0, 0.05) is 119 Å². The second kappa shape index (κ2) is 26.2. The van der Waals surface area contributed by atoms with Crippen molar-refractivity contribution in [3.63, 3.8) is 0 Å². The summed E-state index contributed by atoms with van der Waals surface area (Å²) >= 11 is 0. The topological polar surface area (TPSA) is 153 Å². The summed E-state index contributed by atoms with van der Waals surface area (Å²) in [5, 5.41) is 15.3. The lowest BCUT2D eigenvalue weighted by atomic mass is 9.65. The molecule has 0 bridgehead atoms. The minimum atomic E-state index is -2.31. The molecule has 5 fully saturated rings. The molecule has 2 atom stereocenters. The Balaban J connectivity index is 0.792. The van der Waals surface area contributed by atoms with Gasteiger partial charge in [0.15, 0.2) is 12.6 Å². The summed E-state index contributed by atoms with van der Waals surface area (Å²) in [6.07, 6.45) is 8.38. The van der Waals surface area contributed by atoms with Crippen molar-refractivity contribution in [2.75, 3.05) is 102 Å². The first-order valence-corrected chi connectivity index (χ1v) is 33.8. The Hall–Kier alpha value is -6.23. The van der Waals surface area contributed by atoms with Gasteiger partial charge in [-0.3, -0.25) is 19.8 Å². The van der Waals surface area contributed by atoms with Gasteiger partial charge in [-0.1, -0.05) is 72.6 Å². The summed E-state index contributed by atoms with van der Waals surface area (Å²) < 4.78 is 52.2. The number of fused-ring (bicyclic) bond motifs is 2. The van der Waals surface area contributed by atoms with Gasteiger partial charge in [-0.15, -0.1) is 5.54 Å². The van der Waals surface area contributed by atoms with Crippen LogP contribution >= 0.6 is 0 Å². The third kappa shape index (κ3) is 13.4. The van der Waals surface area contributed by atoms with E-state index < -0.39 is 31.3 Å². The highest BCUT2D eigenvalue weighted by Crippen LogP contribution is 2.48. The molecular formula is C68H90F2N8O7Si. The fraction of sp³-hybridized carbons (Fsp3) is 0.574. The molecule has 4 amide bonds. The average molecular weight is 1200 g/mol. The van der Waals surface area contributed by atoms with Crippen molar-refractivity contribution in [3.05, 3.63) is 82.9 Å². The lowest BCUT2D eigenvalue weighted by molar-refractivity contribution is -0.120. The van der Waals surface area contributed by atoms with Crippen LogP contribution in [0.2, 0.25) is 16.6 Å². The average Bonchev–Trinajstić information content (AvgIpc) is 0.880. The van der Waals surface area contributed by atoms with Crippen LogP contribution in [0, 0.1) is 47.3 Å². The SMILES string of the molecule is COCOc1cc(-c2ccc3c(N4CCC[C@@](C)(O)C4)nc(OC[C@H](C)CN4CCN(CC5CCC6(CC5)CCN(C(=O)c5ccc(C)c(N7CCC(=O)NC7=O)c5)CC6)CC4)nc3c2F)c2c(C#C[Si](C(C)C)(C(C)C)C(C)C)c(F)ccc2c1. The van der Waals surface area contributed by atoms with Crippen molar-refractivity contribution in [1.82, 2.24) is 30.0 Å². The Kier molecular flexibility index (Phi) is 19.2. The molecule has 4 saturated heterocycles. The molecule has 2 N–H and O–H groups in total. The van der Waals surface area contributed by atoms with Crippen molar-refractivity contribution in [3.8, 4) is 34.4 Å². The molecule has 86 heavy (non-hydrogen) atoms. The number of nitrogens with one attached hydrogen (secondary N) is 1. The first kappa shape index (κ1) is 62.8. The van der Waals surface area contributed by atoms with Gasteiger partial charge in [0.2, 0.25) is 5.91 Å². The molecule has 4 aromatic carbocycles. The molecule has 18 heteroatoms. The number of halogens is 2. The fourth-order valence-corrected chi connectivity index (χ4v) is 20.2. The number of carbonyl (C=O) groups excluding carboxylic acids is 3. The first-order valence-electron chi connectivity index (χ1n) is 31.6. The standard InChI is InChI=1S/C68H90F2N8O7Si/c1-44(2)86(45(3)4,46(5)6)35-21-54-57(69)17-14-50-36-52(85-43-83-10)38-56(60(50)54)53-15-16-55-62(61(53)70)72-65(73-63(55)77-27-11-22-67(9,82)42-77)84-41-47(7)39-74-31-33-75(34-32-74)40-49-18-23-68(24-19-49)25-29-76(30-26-68)64(80)51-13-12-48(8)58(37-51)78-28-20-59(79)71-66(78)81/h12-17,36-38,44-47,49,82H,11,18-20,22-34,39-43H2,1-10H3,(H,71,79,81)/t47-,67-/m1/s1. The molecule has 1 aromatic heterocycles. The Labute approximate surface area is 508 Å². The van der Waals surface area contributed by atoms with Gasteiger partial charge in [0.05, 0.1) is 17.8 Å². The van der Waals surface area contributed by atoms with Crippen LogP contribution in [-0.4, -0.2) is 154 Å². The second-order valence-corrected chi connectivity index (χ2v) is 32.5. The Morgan fingerprint density at radius 1 is 0.826 bits per heavy atom. The van der Waals surface area contributed by atoms with Gasteiger partial charge in [-0.05, 0) is 146 Å². The number of rotatable bonds is 17.